The first-order valence-corrected chi connectivity index (χ1v) is 6.20. The van der Waals surface area contributed by atoms with Crippen molar-refractivity contribution in [1.82, 2.24) is 9.71 Å². The number of carboxylic acids is 1. The fraction of sp³-hybridized carbons (Fsp3) is 0.333. The first-order valence-electron chi connectivity index (χ1n) is 3.77. The predicted octanol–water partition coefficient (Wildman–Crippen LogP) is 0.483. The molecule has 0 aliphatic heterocycles. The molecule has 0 radical (unpaired) electrons. The summed E-state index contributed by atoms with van der Waals surface area (Å²) < 4.78 is 46.7. The van der Waals surface area contributed by atoms with Gasteiger partial charge in [0.05, 0.1) is 6.54 Å². The number of sulfonamides is 1. The highest BCUT2D eigenvalue weighted by atomic mass is 32.2. The molecule has 0 aliphatic rings. The van der Waals surface area contributed by atoms with Crippen LogP contribution in [0.3, 0.4) is 0 Å². The van der Waals surface area contributed by atoms with Gasteiger partial charge in [-0.3, -0.25) is 0 Å². The summed E-state index contributed by atoms with van der Waals surface area (Å²) in [4.78, 5) is 13.9. The molecule has 1 aromatic heterocycles. The number of alkyl halides is 2. The van der Waals surface area contributed by atoms with E-state index < -0.39 is 28.3 Å². The minimum Gasteiger partial charge on any atom is -0.476 e. The maximum Gasteiger partial charge on any atom is 0.355 e. The number of aromatic carboxylic acids is 1. The van der Waals surface area contributed by atoms with Crippen molar-refractivity contribution in [3.63, 3.8) is 0 Å². The van der Waals surface area contributed by atoms with E-state index in [1.54, 1.807) is 4.72 Å². The number of halogens is 2. The summed E-state index contributed by atoms with van der Waals surface area (Å²) in [6.45, 7) is -0.454. The molecule has 6 nitrogen and oxygen atoms in total. The molecule has 90 valence electrons. The van der Waals surface area contributed by atoms with E-state index >= 15 is 0 Å². The van der Waals surface area contributed by atoms with Crippen LogP contribution in [-0.4, -0.2) is 30.2 Å². The number of hydrogen-bond acceptors (Lipinski definition) is 5. The monoisotopic (exact) mass is 272 g/mol. The summed E-state index contributed by atoms with van der Waals surface area (Å²) in [5.74, 6) is -4.79. The summed E-state index contributed by atoms with van der Waals surface area (Å²) in [6.07, 6.45) is 0. The lowest BCUT2D eigenvalue weighted by Crippen LogP contribution is -2.28. The summed E-state index contributed by atoms with van der Waals surface area (Å²) in [5, 5.41) is 9.79. The van der Waals surface area contributed by atoms with E-state index in [2.05, 4.69) is 4.98 Å². The average molecular weight is 272 g/mol. The van der Waals surface area contributed by atoms with Gasteiger partial charge in [0.15, 0.2) is 5.69 Å². The molecule has 1 rings (SSSR count). The summed E-state index contributed by atoms with van der Waals surface area (Å²) in [6, 6.07) is 0. The van der Waals surface area contributed by atoms with Gasteiger partial charge in [0, 0.05) is 5.38 Å². The average Bonchev–Trinajstić information content (AvgIpc) is 2.63. The molecule has 10 heteroatoms. The van der Waals surface area contributed by atoms with Gasteiger partial charge in [-0.1, -0.05) is 0 Å². The Balaban J connectivity index is 2.65. The molecule has 0 atom stereocenters. The van der Waals surface area contributed by atoms with Gasteiger partial charge >= 0.3 is 11.7 Å². The van der Waals surface area contributed by atoms with Crippen LogP contribution in [0.1, 0.15) is 15.5 Å². The number of aromatic nitrogens is 1. The number of hydrogen-bond donors (Lipinski definition) is 2. The summed E-state index contributed by atoms with van der Waals surface area (Å²) in [7, 11) is -4.67. The third kappa shape index (κ3) is 3.18. The van der Waals surface area contributed by atoms with Crippen molar-refractivity contribution in [2.45, 2.75) is 12.3 Å². The molecule has 16 heavy (non-hydrogen) atoms. The summed E-state index contributed by atoms with van der Waals surface area (Å²) in [5.41, 5.74) is -0.253. The van der Waals surface area contributed by atoms with Gasteiger partial charge in [0.25, 0.3) is 10.0 Å². The maximum atomic E-state index is 11.9. The van der Waals surface area contributed by atoms with Crippen LogP contribution in [0, 0.1) is 0 Å². The Kier molecular flexibility index (Phi) is 3.88. The fourth-order valence-corrected chi connectivity index (χ4v) is 1.98. The number of nitrogens with one attached hydrogen (secondary N) is 1. The molecule has 0 amide bonds. The maximum absolute atomic E-state index is 11.9. The first kappa shape index (κ1) is 12.9. The van der Waals surface area contributed by atoms with Crippen LogP contribution in [0.5, 0.6) is 0 Å². The molecule has 0 saturated carbocycles. The minimum atomic E-state index is -4.67. The first-order chi connectivity index (χ1) is 7.33. The van der Waals surface area contributed by atoms with Crippen molar-refractivity contribution in [2.24, 2.45) is 0 Å². The minimum absolute atomic E-state index is 0.0987. The molecule has 0 aliphatic carbocycles. The van der Waals surface area contributed by atoms with Crippen molar-refractivity contribution < 1.29 is 27.1 Å². The quantitative estimate of drug-likeness (QED) is 0.812. The molecule has 0 bridgehead atoms. The lowest BCUT2D eigenvalue weighted by Gasteiger charge is -2.02. The highest BCUT2D eigenvalue weighted by Crippen LogP contribution is 2.11. The number of carbonyl (C=O) groups is 1. The largest absolute Gasteiger partial charge is 0.476 e. The van der Waals surface area contributed by atoms with Crippen LogP contribution in [0.25, 0.3) is 0 Å². The van der Waals surface area contributed by atoms with Gasteiger partial charge in [-0.15, -0.1) is 11.3 Å². The van der Waals surface area contributed by atoms with Crippen LogP contribution in [-0.2, 0) is 16.6 Å². The van der Waals surface area contributed by atoms with Gasteiger partial charge in [0.2, 0.25) is 0 Å². The number of thiazole rings is 1. The molecule has 0 aromatic carbocycles. The van der Waals surface area contributed by atoms with Gasteiger partial charge in [-0.25, -0.2) is 22.9 Å². The van der Waals surface area contributed by atoms with Crippen LogP contribution in [0.2, 0.25) is 0 Å². The van der Waals surface area contributed by atoms with E-state index in [0.29, 0.717) is 0 Å². The molecule has 1 heterocycles. The van der Waals surface area contributed by atoms with Crippen molar-refractivity contribution in [2.75, 3.05) is 0 Å². The highest BCUT2D eigenvalue weighted by molar-refractivity contribution is 7.89. The van der Waals surface area contributed by atoms with Crippen LogP contribution < -0.4 is 4.72 Å². The lowest BCUT2D eigenvalue weighted by atomic mass is 10.5. The van der Waals surface area contributed by atoms with Gasteiger partial charge < -0.3 is 5.11 Å². The number of rotatable bonds is 5. The third-order valence-corrected chi connectivity index (χ3v) is 3.29. The van der Waals surface area contributed by atoms with Gasteiger partial charge in [-0.2, -0.15) is 8.78 Å². The van der Waals surface area contributed by atoms with E-state index in [1.807, 2.05) is 0 Å². The van der Waals surface area contributed by atoms with Crippen molar-refractivity contribution in [3.8, 4) is 0 Å². The topological polar surface area (TPSA) is 96.4 Å². The Bertz CT molecular complexity index is 484. The van der Waals surface area contributed by atoms with Crippen molar-refractivity contribution >= 4 is 27.3 Å². The van der Waals surface area contributed by atoms with Crippen molar-refractivity contribution in [3.05, 3.63) is 16.1 Å². The summed E-state index contributed by atoms with van der Waals surface area (Å²) >= 11 is 0.866. The third-order valence-electron chi connectivity index (χ3n) is 1.43. The van der Waals surface area contributed by atoms with E-state index in [0.717, 1.165) is 11.3 Å². The predicted molar refractivity (Wildman–Crippen MR) is 50.8 cm³/mol. The van der Waals surface area contributed by atoms with E-state index in [-0.39, 0.29) is 10.7 Å². The van der Waals surface area contributed by atoms with E-state index in [4.69, 9.17) is 5.11 Å². The zero-order valence-corrected chi connectivity index (χ0v) is 9.19. The van der Waals surface area contributed by atoms with E-state index in [1.165, 1.54) is 5.38 Å². The number of carboxylic acid groups (broad SMARTS) is 1. The van der Waals surface area contributed by atoms with Gasteiger partial charge in [-0.05, 0) is 0 Å². The number of nitrogens with zero attached hydrogens (tertiary/aromatic N) is 1. The molecule has 2 N–H and O–H groups in total. The highest BCUT2D eigenvalue weighted by Gasteiger charge is 2.23. The smallest absolute Gasteiger partial charge is 0.355 e. The van der Waals surface area contributed by atoms with Crippen LogP contribution in [0.15, 0.2) is 5.38 Å². The molecule has 0 fully saturated rings. The van der Waals surface area contributed by atoms with Crippen molar-refractivity contribution in [1.29, 1.82) is 0 Å². The van der Waals surface area contributed by atoms with Crippen LogP contribution in [0.4, 0.5) is 8.78 Å². The second-order valence-corrected chi connectivity index (χ2v) is 5.24. The fourth-order valence-electron chi connectivity index (χ4n) is 0.716. The normalized spacial score (nSPS) is 11.9. The standard InChI is InChI=1S/C6H6F2N2O4S2/c7-6(8)16(13,14)9-1-4-10-3(2-15-4)5(11)12/h2,6,9H,1H2,(H,11,12). The molecular weight excluding hydrogens is 266 g/mol. The molecular formula is C6H6F2N2O4S2. The molecule has 1 aromatic rings. The van der Waals surface area contributed by atoms with Gasteiger partial charge in [0.1, 0.15) is 5.01 Å². The second-order valence-electron chi connectivity index (χ2n) is 2.56. The van der Waals surface area contributed by atoms with E-state index in [9.17, 15) is 22.0 Å². The Hall–Kier alpha value is -1.13. The zero-order valence-electron chi connectivity index (χ0n) is 7.55. The second kappa shape index (κ2) is 4.80. The molecule has 0 unspecified atom stereocenters. The Morgan fingerprint density at radius 2 is 2.25 bits per heavy atom. The molecule has 0 saturated heterocycles. The SMILES string of the molecule is O=C(O)c1csc(CNS(=O)(=O)C(F)F)n1. The Labute approximate surface area is 93.0 Å². The zero-order chi connectivity index (χ0) is 12.3. The van der Waals surface area contributed by atoms with Crippen LogP contribution >= 0.6 is 11.3 Å². The molecule has 0 spiro atoms. The Morgan fingerprint density at radius 3 is 2.69 bits per heavy atom. The lowest BCUT2D eigenvalue weighted by molar-refractivity contribution is 0.0691. The Morgan fingerprint density at radius 1 is 1.62 bits per heavy atom.